The van der Waals surface area contributed by atoms with Crippen LogP contribution in [0.4, 0.5) is 0 Å². The number of hydrogen-bond donors (Lipinski definition) is 2. The number of para-hydroxylation sites is 1. The zero-order chi connectivity index (χ0) is 20.6. The van der Waals surface area contributed by atoms with Crippen molar-refractivity contribution in [1.82, 2.24) is 10.3 Å². The van der Waals surface area contributed by atoms with E-state index in [1.54, 1.807) is 0 Å². The number of aromatic nitrogens is 1. The Morgan fingerprint density at radius 3 is 2.27 bits per heavy atom. The molecule has 1 aromatic heterocycles. The molecule has 0 aliphatic rings. The van der Waals surface area contributed by atoms with Gasteiger partial charge in [-0.1, -0.05) is 72.8 Å². The molecule has 2 N–H and O–H groups in total. The maximum Gasteiger partial charge on any atom is 0.220 e. The molecule has 152 valence electrons. The van der Waals surface area contributed by atoms with Crippen LogP contribution in [0.25, 0.3) is 10.9 Å². The molecule has 0 radical (unpaired) electrons. The van der Waals surface area contributed by atoms with Gasteiger partial charge in [0.25, 0.3) is 0 Å². The number of rotatable bonds is 9. The van der Waals surface area contributed by atoms with Crippen molar-refractivity contribution < 1.29 is 9.53 Å². The quantitative estimate of drug-likeness (QED) is 0.410. The molecule has 0 saturated heterocycles. The molecule has 0 atom stereocenters. The van der Waals surface area contributed by atoms with E-state index in [0.717, 1.165) is 23.1 Å². The normalized spacial score (nSPS) is 10.9. The van der Waals surface area contributed by atoms with Gasteiger partial charge in [-0.25, -0.2) is 0 Å². The number of nitrogens with one attached hydrogen (secondary N) is 2. The van der Waals surface area contributed by atoms with Gasteiger partial charge in [-0.3, -0.25) is 4.79 Å². The van der Waals surface area contributed by atoms with E-state index in [2.05, 4.69) is 46.7 Å². The third kappa shape index (κ3) is 5.37. The van der Waals surface area contributed by atoms with Crippen molar-refractivity contribution in [3.63, 3.8) is 0 Å². The fourth-order valence-electron chi connectivity index (χ4n) is 3.49. The number of carbonyl (C=O) groups excluding carboxylic acids is 1. The van der Waals surface area contributed by atoms with Crippen LogP contribution in [0, 0.1) is 0 Å². The monoisotopic (exact) mass is 398 g/mol. The zero-order valence-electron chi connectivity index (χ0n) is 16.9. The second kappa shape index (κ2) is 9.90. The Hall–Kier alpha value is -3.37. The first kappa shape index (κ1) is 19.9. The first-order valence-electron chi connectivity index (χ1n) is 10.3. The van der Waals surface area contributed by atoms with Gasteiger partial charge in [-0.2, -0.15) is 0 Å². The molecule has 1 amide bonds. The molecule has 0 unspecified atom stereocenters. The number of H-pyrrole nitrogens is 1. The number of ether oxygens (including phenoxy) is 1. The summed E-state index contributed by atoms with van der Waals surface area (Å²) in [7, 11) is 0. The van der Waals surface area contributed by atoms with E-state index in [1.807, 2.05) is 48.7 Å². The number of benzene rings is 3. The summed E-state index contributed by atoms with van der Waals surface area (Å²) in [6.07, 6.45) is 3.21. The largest absolute Gasteiger partial charge is 0.372 e. The Balaban J connectivity index is 1.19. The maximum atomic E-state index is 12.2. The number of carbonyl (C=O) groups is 1. The van der Waals surface area contributed by atoms with Crippen molar-refractivity contribution in [2.24, 2.45) is 0 Å². The summed E-state index contributed by atoms with van der Waals surface area (Å²) in [5.41, 5.74) is 5.67. The minimum Gasteiger partial charge on any atom is -0.372 e. The van der Waals surface area contributed by atoms with E-state index in [4.69, 9.17) is 4.74 Å². The van der Waals surface area contributed by atoms with Gasteiger partial charge in [-0.05, 0) is 34.7 Å². The van der Waals surface area contributed by atoms with E-state index in [0.29, 0.717) is 26.2 Å². The topological polar surface area (TPSA) is 54.1 Å². The summed E-state index contributed by atoms with van der Waals surface area (Å²) in [4.78, 5) is 15.5. The smallest absolute Gasteiger partial charge is 0.220 e. The van der Waals surface area contributed by atoms with Crippen LogP contribution in [0.1, 0.15) is 28.7 Å². The molecule has 30 heavy (non-hydrogen) atoms. The average molecular weight is 399 g/mol. The minimum atomic E-state index is 0.0653. The fraction of sp³-hybridized carbons (Fsp3) is 0.192. The third-order valence-electron chi connectivity index (χ3n) is 5.19. The average Bonchev–Trinajstić information content (AvgIpc) is 3.21. The van der Waals surface area contributed by atoms with E-state index < -0.39 is 0 Å². The molecular formula is C26H26N2O2. The van der Waals surface area contributed by atoms with Gasteiger partial charge in [0.15, 0.2) is 0 Å². The predicted octanol–water partition coefficient (Wildman–Crippen LogP) is 5.13. The van der Waals surface area contributed by atoms with Crippen LogP contribution < -0.4 is 5.32 Å². The molecule has 4 rings (SSSR count). The molecule has 4 nitrogen and oxygen atoms in total. The highest BCUT2D eigenvalue weighted by Gasteiger charge is 2.07. The standard InChI is InChI=1S/C26H26N2O2/c29-26(15-14-23-17-27-25-9-5-4-8-24(23)25)28-16-20-10-12-22(13-11-20)19-30-18-21-6-2-1-3-7-21/h1-13,17,27H,14-16,18-19H2,(H,28,29). The van der Waals surface area contributed by atoms with E-state index in [-0.39, 0.29) is 5.91 Å². The van der Waals surface area contributed by atoms with Gasteiger partial charge >= 0.3 is 0 Å². The number of amides is 1. The predicted molar refractivity (Wildman–Crippen MR) is 120 cm³/mol. The van der Waals surface area contributed by atoms with Crippen molar-refractivity contribution >= 4 is 16.8 Å². The summed E-state index contributed by atoms with van der Waals surface area (Å²) >= 11 is 0. The van der Waals surface area contributed by atoms with Gasteiger partial charge in [0.05, 0.1) is 13.2 Å². The van der Waals surface area contributed by atoms with Crippen LogP contribution in [0.5, 0.6) is 0 Å². The molecule has 0 aliphatic carbocycles. The first-order valence-corrected chi connectivity index (χ1v) is 10.3. The third-order valence-corrected chi connectivity index (χ3v) is 5.19. The molecule has 0 bridgehead atoms. The van der Waals surface area contributed by atoms with Crippen LogP contribution in [-0.2, 0) is 35.7 Å². The van der Waals surface area contributed by atoms with Gasteiger partial charge in [0, 0.05) is 30.1 Å². The van der Waals surface area contributed by atoms with Crippen molar-refractivity contribution in [2.45, 2.75) is 32.6 Å². The van der Waals surface area contributed by atoms with Crippen molar-refractivity contribution in [3.8, 4) is 0 Å². The SMILES string of the molecule is O=C(CCc1c[nH]c2ccccc12)NCc1ccc(COCc2ccccc2)cc1. The van der Waals surface area contributed by atoms with Crippen LogP contribution in [-0.4, -0.2) is 10.9 Å². The Labute approximate surface area is 176 Å². The molecule has 3 aromatic carbocycles. The molecular weight excluding hydrogens is 372 g/mol. The number of aromatic amines is 1. The second-order valence-corrected chi connectivity index (χ2v) is 7.43. The van der Waals surface area contributed by atoms with E-state index in [1.165, 1.54) is 16.5 Å². The number of fused-ring (bicyclic) bond motifs is 1. The molecule has 0 spiro atoms. The lowest BCUT2D eigenvalue weighted by molar-refractivity contribution is -0.121. The lowest BCUT2D eigenvalue weighted by atomic mass is 10.1. The summed E-state index contributed by atoms with van der Waals surface area (Å²) in [5, 5.41) is 4.20. The van der Waals surface area contributed by atoms with Crippen molar-refractivity contribution in [2.75, 3.05) is 0 Å². The van der Waals surface area contributed by atoms with Gasteiger partial charge in [0.2, 0.25) is 5.91 Å². The summed E-state index contributed by atoms with van der Waals surface area (Å²) in [6, 6.07) is 26.5. The summed E-state index contributed by atoms with van der Waals surface area (Å²) in [6.45, 7) is 1.72. The second-order valence-electron chi connectivity index (χ2n) is 7.43. The zero-order valence-corrected chi connectivity index (χ0v) is 16.9. The Bertz CT molecular complexity index is 1080. The van der Waals surface area contributed by atoms with Crippen LogP contribution in [0.2, 0.25) is 0 Å². The molecule has 0 fully saturated rings. The highest BCUT2D eigenvalue weighted by molar-refractivity contribution is 5.84. The Morgan fingerprint density at radius 2 is 1.47 bits per heavy atom. The minimum absolute atomic E-state index is 0.0653. The van der Waals surface area contributed by atoms with Crippen molar-refractivity contribution in [3.05, 3.63) is 107 Å². The number of hydrogen-bond acceptors (Lipinski definition) is 2. The highest BCUT2D eigenvalue weighted by atomic mass is 16.5. The molecule has 4 aromatic rings. The molecule has 0 aliphatic heterocycles. The van der Waals surface area contributed by atoms with Crippen molar-refractivity contribution in [1.29, 1.82) is 0 Å². The molecule has 4 heteroatoms. The molecule has 0 saturated carbocycles. The lowest BCUT2D eigenvalue weighted by Crippen LogP contribution is -2.22. The van der Waals surface area contributed by atoms with Gasteiger partial charge < -0.3 is 15.0 Å². The highest BCUT2D eigenvalue weighted by Crippen LogP contribution is 2.19. The summed E-state index contributed by atoms with van der Waals surface area (Å²) < 4.78 is 5.77. The fourth-order valence-corrected chi connectivity index (χ4v) is 3.49. The summed E-state index contributed by atoms with van der Waals surface area (Å²) in [5.74, 6) is 0.0653. The van der Waals surface area contributed by atoms with Crippen LogP contribution in [0.15, 0.2) is 85.1 Å². The first-order chi connectivity index (χ1) is 14.8. The molecule has 1 heterocycles. The van der Waals surface area contributed by atoms with Gasteiger partial charge in [0.1, 0.15) is 0 Å². The Morgan fingerprint density at radius 1 is 0.800 bits per heavy atom. The number of aryl methyl sites for hydroxylation is 1. The van der Waals surface area contributed by atoms with Gasteiger partial charge in [-0.15, -0.1) is 0 Å². The maximum absolute atomic E-state index is 12.2. The Kier molecular flexibility index (Phi) is 6.58. The van der Waals surface area contributed by atoms with Crippen LogP contribution in [0.3, 0.4) is 0 Å². The van der Waals surface area contributed by atoms with E-state index in [9.17, 15) is 4.79 Å². The van der Waals surface area contributed by atoms with E-state index >= 15 is 0 Å². The lowest BCUT2D eigenvalue weighted by Gasteiger charge is -2.08. The van der Waals surface area contributed by atoms with Crippen LogP contribution >= 0.6 is 0 Å².